The third-order valence-corrected chi connectivity index (χ3v) is 5.17. The number of non-ortho nitro benzene ring substituents is 1. The van der Waals surface area contributed by atoms with E-state index in [1.165, 1.54) is 29.2 Å². The number of morpholine rings is 1. The number of nitrogens with zero attached hydrogens (tertiary/aromatic N) is 4. The van der Waals surface area contributed by atoms with E-state index in [-0.39, 0.29) is 30.6 Å². The minimum atomic E-state index is -0.492. The van der Waals surface area contributed by atoms with Crippen LogP contribution in [0.3, 0.4) is 0 Å². The van der Waals surface area contributed by atoms with Crippen LogP contribution >= 0.6 is 0 Å². The molecule has 1 saturated heterocycles. The van der Waals surface area contributed by atoms with Gasteiger partial charge in [-0.1, -0.05) is 0 Å². The highest BCUT2D eigenvalue weighted by molar-refractivity contribution is 5.96. The van der Waals surface area contributed by atoms with Gasteiger partial charge in [-0.15, -0.1) is 0 Å². The molecule has 0 radical (unpaired) electrons. The summed E-state index contributed by atoms with van der Waals surface area (Å²) >= 11 is 0. The summed E-state index contributed by atoms with van der Waals surface area (Å²) in [6.07, 6.45) is 0. The van der Waals surface area contributed by atoms with Crippen LogP contribution in [0.1, 0.15) is 0 Å². The molecule has 0 bridgehead atoms. The zero-order valence-corrected chi connectivity index (χ0v) is 18.2. The van der Waals surface area contributed by atoms with Crippen LogP contribution in [0.5, 0.6) is 0 Å². The highest BCUT2D eigenvalue weighted by atomic mass is 16.6. The van der Waals surface area contributed by atoms with Crippen molar-refractivity contribution in [1.29, 1.82) is 0 Å². The second-order valence-corrected chi connectivity index (χ2v) is 7.59. The molecule has 170 valence electrons. The van der Waals surface area contributed by atoms with Crippen molar-refractivity contribution < 1.29 is 19.2 Å². The lowest BCUT2D eigenvalue weighted by Crippen LogP contribution is -2.39. The molecular weight excluding hydrogens is 414 g/mol. The van der Waals surface area contributed by atoms with E-state index in [9.17, 15) is 19.7 Å². The molecule has 0 aromatic heterocycles. The Morgan fingerprint density at radius 3 is 2.25 bits per heavy atom. The van der Waals surface area contributed by atoms with Crippen LogP contribution in [-0.2, 0) is 14.3 Å². The van der Waals surface area contributed by atoms with Crippen LogP contribution in [0.25, 0.3) is 0 Å². The first-order chi connectivity index (χ1) is 15.3. The van der Waals surface area contributed by atoms with E-state index in [0.29, 0.717) is 24.6 Å². The summed E-state index contributed by atoms with van der Waals surface area (Å²) in [5.41, 5.74) is 2.28. The average molecular weight is 441 g/mol. The van der Waals surface area contributed by atoms with Gasteiger partial charge >= 0.3 is 0 Å². The molecule has 0 spiro atoms. The fourth-order valence-electron chi connectivity index (χ4n) is 3.36. The number of ether oxygens (including phenoxy) is 1. The van der Waals surface area contributed by atoms with Crippen LogP contribution in [0.2, 0.25) is 0 Å². The van der Waals surface area contributed by atoms with E-state index in [1.807, 2.05) is 24.3 Å². The van der Waals surface area contributed by atoms with Gasteiger partial charge in [0, 0.05) is 49.3 Å². The molecule has 10 heteroatoms. The van der Waals surface area contributed by atoms with Crippen LogP contribution in [0.4, 0.5) is 22.7 Å². The van der Waals surface area contributed by atoms with Crippen molar-refractivity contribution in [3.05, 3.63) is 58.6 Å². The van der Waals surface area contributed by atoms with Gasteiger partial charge in [-0.05, 0) is 43.4 Å². The number of nitrogens with one attached hydrogen (secondary N) is 1. The number of carbonyl (C=O) groups is 2. The van der Waals surface area contributed by atoms with Crippen LogP contribution in [0, 0.1) is 10.1 Å². The topological polar surface area (TPSA) is 108 Å². The third kappa shape index (κ3) is 6.25. The maximum absolute atomic E-state index is 12.5. The number of nitro groups is 1. The molecule has 2 aromatic carbocycles. The fraction of sp³-hybridized carbons (Fsp3) is 0.364. The molecule has 0 unspecified atom stereocenters. The Kier molecular flexibility index (Phi) is 7.74. The number of hydrogen-bond donors (Lipinski definition) is 1. The Labute approximate surface area is 186 Å². The molecule has 1 N–H and O–H groups in total. The van der Waals surface area contributed by atoms with Gasteiger partial charge in [-0.2, -0.15) is 0 Å². The Hall–Kier alpha value is -3.50. The monoisotopic (exact) mass is 441 g/mol. The van der Waals surface area contributed by atoms with E-state index in [2.05, 4.69) is 10.2 Å². The molecule has 10 nitrogen and oxygen atoms in total. The first-order valence-electron chi connectivity index (χ1n) is 10.3. The van der Waals surface area contributed by atoms with Gasteiger partial charge in [0.15, 0.2) is 0 Å². The molecule has 1 fully saturated rings. The van der Waals surface area contributed by atoms with Crippen molar-refractivity contribution in [2.75, 3.05) is 68.6 Å². The van der Waals surface area contributed by atoms with Crippen LogP contribution in [0.15, 0.2) is 48.5 Å². The Morgan fingerprint density at radius 2 is 1.66 bits per heavy atom. The predicted molar refractivity (Wildman–Crippen MR) is 122 cm³/mol. The molecule has 0 aliphatic carbocycles. The zero-order chi connectivity index (χ0) is 23.1. The maximum atomic E-state index is 12.5. The number of likely N-dealkylation sites (N-methyl/N-ethyl adjacent to an activating group) is 2. The second kappa shape index (κ2) is 10.7. The Bertz CT molecular complexity index is 942. The van der Waals surface area contributed by atoms with Gasteiger partial charge in [0.2, 0.25) is 11.8 Å². The number of carbonyl (C=O) groups excluding carboxylic acids is 2. The van der Waals surface area contributed by atoms with Gasteiger partial charge in [-0.25, -0.2) is 0 Å². The summed E-state index contributed by atoms with van der Waals surface area (Å²) in [6.45, 7) is 3.19. The van der Waals surface area contributed by atoms with Crippen LogP contribution < -0.4 is 15.1 Å². The number of anilines is 3. The van der Waals surface area contributed by atoms with Gasteiger partial charge in [0.05, 0.1) is 31.2 Å². The summed E-state index contributed by atoms with van der Waals surface area (Å²) in [7, 11) is 3.27. The molecule has 2 amide bonds. The average Bonchev–Trinajstić information content (AvgIpc) is 2.79. The summed E-state index contributed by atoms with van der Waals surface area (Å²) in [5, 5.41) is 13.6. The van der Waals surface area contributed by atoms with Crippen molar-refractivity contribution >= 4 is 34.6 Å². The summed E-state index contributed by atoms with van der Waals surface area (Å²) in [6, 6.07) is 13.4. The summed E-state index contributed by atoms with van der Waals surface area (Å²) in [4.78, 5) is 40.4. The fourth-order valence-corrected chi connectivity index (χ4v) is 3.36. The van der Waals surface area contributed by atoms with E-state index >= 15 is 0 Å². The van der Waals surface area contributed by atoms with E-state index < -0.39 is 4.92 Å². The molecular formula is C22H27N5O5. The molecule has 0 saturated carbocycles. The molecule has 1 aliphatic heterocycles. The smallest absolute Gasteiger partial charge is 0.269 e. The van der Waals surface area contributed by atoms with Crippen molar-refractivity contribution in [1.82, 2.24) is 4.90 Å². The molecule has 1 heterocycles. The third-order valence-electron chi connectivity index (χ3n) is 5.17. The number of amides is 2. The van der Waals surface area contributed by atoms with Crippen molar-refractivity contribution in [3.8, 4) is 0 Å². The SMILES string of the molecule is CN(CC(=O)Nc1ccc(N2CCOCC2)cc1)CC(=O)N(C)c1ccc([N+](=O)[O-])cc1. The van der Waals surface area contributed by atoms with Crippen molar-refractivity contribution in [2.24, 2.45) is 0 Å². The minimum Gasteiger partial charge on any atom is -0.378 e. The highest BCUT2D eigenvalue weighted by Gasteiger charge is 2.17. The summed E-state index contributed by atoms with van der Waals surface area (Å²) < 4.78 is 5.36. The first-order valence-corrected chi connectivity index (χ1v) is 10.3. The lowest BCUT2D eigenvalue weighted by molar-refractivity contribution is -0.384. The number of benzene rings is 2. The van der Waals surface area contributed by atoms with Gasteiger partial charge < -0.3 is 19.9 Å². The standard InChI is InChI=1S/C22H27N5O5/c1-24(16-22(29)25(2)18-7-9-20(10-8-18)27(30)31)15-21(28)23-17-3-5-19(6-4-17)26-11-13-32-14-12-26/h3-10H,11-16H2,1-2H3,(H,23,28). The molecule has 32 heavy (non-hydrogen) atoms. The zero-order valence-electron chi connectivity index (χ0n) is 18.2. The lowest BCUT2D eigenvalue weighted by Gasteiger charge is -2.28. The van der Waals surface area contributed by atoms with E-state index in [0.717, 1.165) is 18.8 Å². The number of hydrogen-bond acceptors (Lipinski definition) is 7. The minimum absolute atomic E-state index is 0.0247. The number of nitro benzene ring substituents is 1. The van der Waals surface area contributed by atoms with E-state index in [1.54, 1.807) is 19.0 Å². The summed E-state index contributed by atoms with van der Waals surface area (Å²) in [5.74, 6) is -0.457. The van der Waals surface area contributed by atoms with Crippen molar-refractivity contribution in [2.45, 2.75) is 0 Å². The van der Waals surface area contributed by atoms with Gasteiger partial charge in [-0.3, -0.25) is 24.6 Å². The van der Waals surface area contributed by atoms with Gasteiger partial charge in [0.1, 0.15) is 0 Å². The normalized spacial score (nSPS) is 13.7. The maximum Gasteiger partial charge on any atom is 0.269 e. The molecule has 0 atom stereocenters. The molecule has 1 aliphatic rings. The quantitative estimate of drug-likeness (QED) is 0.493. The van der Waals surface area contributed by atoms with Crippen LogP contribution in [-0.4, -0.2) is 75.1 Å². The Morgan fingerprint density at radius 1 is 1.03 bits per heavy atom. The largest absolute Gasteiger partial charge is 0.378 e. The lowest BCUT2D eigenvalue weighted by atomic mass is 10.2. The second-order valence-electron chi connectivity index (χ2n) is 7.59. The van der Waals surface area contributed by atoms with Gasteiger partial charge in [0.25, 0.3) is 5.69 Å². The molecule has 2 aromatic rings. The van der Waals surface area contributed by atoms with Crippen molar-refractivity contribution in [3.63, 3.8) is 0 Å². The Balaban J connectivity index is 1.47. The first kappa shape index (κ1) is 23.2. The van der Waals surface area contributed by atoms with E-state index in [4.69, 9.17) is 4.74 Å². The molecule has 3 rings (SSSR count). The highest BCUT2D eigenvalue weighted by Crippen LogP contribution is 2.20. The predicted octanol–water partition coefficient (Wildman–Crippen LogP) is 1.96. The number of rotatable bonds is 8.